The topological polar surface area (TPSA) is 97.2 Å². The number of ether oxygens (including phenoxy) is 1. The maximum atomic E-state index is 13.7. The number of benzene rings is 2. The molecule has 0 N–H and O–H groups in total. The van der Waals surface area contributed by atoms with Gasteiger partial charge in [-0.3, -0.25) is 19.3 Å². The number of hydrogen-bond donors (Lipinski definition) is 0. The Bertz CT molecular complexity index is 1300. The molecule has 2 fully saturated rings. The second-order valence-corrected chi connectivity index (χ2v) is 11.8. The van der Waals surface area contributed by atoms with Gasteiger partial charge in [0.05, 0.1) is 24.8 Å². The predicted molar refractivity (Wildman–Crippen MR) is 158 cm³/mol. The van der Waals surface area contributed by atoms with Crippen molar-refractivity contribution in [3.05, 3.63) is 65.2 Å². The molecular weight excluding hydrogens is 530 g/mol. The van der Waals surface area contributed by atoms with E-state index in [-0.39, 0.29) is 36.1 Å². The number of piperazine rings is 1. The molecule has 9 nitrogen and oxygen atoms in total. The van der Waals surface area contributed by atoms with Crippen LogP contribution in [0, 0.1) is 23.2 Å². The zero-order valence-corrected chi connectivity index (χ0v) is 24.5. The van der Waals surface area contributed by atoms with Crippen LogP contribution in [0.2, 0.25) is 0 Å². The minimum absolute atomic E-state index is 0.0588. The van der Waals surface area contributed by atoms with Gasteiger partial charge in [-0.15, -0.1) is 0 Å². The SMILES string of the molecule is CC(=O)N1CCN(C(=O)C[C@@H]2CCN3C[C@@H]2CCCOc2ccccc2CN(Cc2ccc(C#N)cc2)CC3=O)CC1. The molecule has 2 aromatic carbocycles. The first-order valence-electron chi connectivity index (χ1n) is 15.1. The fourth-order valence-corrected chi connectivity index (χ4v) is 6.47. The van der Waals surface area contributed by atoms with E-state index in [2.05, 4.69) is 17.0 Å². The van der Waals surface area contributed by atoms with E-state index in [1.165, 1.54) is 0 Å². The highest BCUT2D eigenvalue weighted by Gasteiger charge is 2.34. The van der Waals surface area contributed by atoms with Crippen molar-refractivity contribution in [2.24, 2.45) is 11.8 Å². The predicted octanol–water partition coefficient (Wildman–Crippen LogP) is 3.28. The molecular formula is C33H41N5O4. The molecule has 0 saturated carbocycles. The normalized spacial score (nSPS) is 22.1. The molecule has 42 heavy (non-hydrogen) atoms. The number of nitriles is 1. The van der Waals surface area contributed by atoms with Crippen LogP contribution >= 0.6 is 0 Å². The second-order valence-electron chi connectivity index (χ2n) is 11.8. The molecule has 0 unspecified atom stereocenters. The van der Waals surface area contributed by atoms with Crippen LogP contribution in [0.5, 0.6) is 5.75 Å². The van der Waals surface area contributed by atoms with E-state index in [9.17, 15) is 19.6 Å². The number of amides is 3. The molecule has 3 aliphatic heterocycles. The maximum Gasteiger partial charge on any atom is 0.236 e. The van der Waals surface area contributed by atoms with Gasteiger partial charge in [-0.2, -0.15) is 5.26 Å². The summed E-state index contributed by atoms with van der Waals surface area (Å²) in [4.78, 5) is 46.5. The number of rotatable bonds is 4. The molecule has 2 aromatic rings. The molecule has 2 bridgehead atoms. The van der Waals surface area contributed by atoms with Gasteiger partial charge in [0.2, 0.25) is 17.7 Å². The standard InChI is InChI=1S/C33H41N5O4/c1-25(39)36-14-16-37(17-15-36)32(40)19-28-12-13-38-23-29(28)6-4-18-42-31-7-3-2-5-30(31)22-35(24-33(38)41)21-27-10-8-26(20-34)9-11-27/h2-3,5,7-11,28-29H,4,6,12-19,21-24H2,1H3/t28-,29-/m0/s1. The van der Waals surface area contributed by atoms with Crippen molar-refractivity contribution >= 4 is 17.7 Å². The number of hydrogen-bond acceptors (Lipinski definition) is 6. The Kier molecular flexibility index (Phi) is 9.75. The van der Waals surface area contributed by atoms with Gasteiger partial charge in [0, 0.05) is 71.3 Å². The number of carbonyl (C=O) groups is 3. The zero-order chi connectivity index (χ0) is 29.5. The third-order valence-electron chi connectivity index (χ3n) is 8.95. The van der Waals surface area contributed by atoms with Crippen molar-refractivity contribution in [1.82, 2.24) is 19.6 Å². The summed E-state index contributed by atoms with van der Waals surface area (Å²) in [6.45, 7) is 7.28. The molecule has 0 aliphatic carbocycles. The monoisotopic (exact) mass is 571 g/mol. The molecule has 0 aromatic heterocycles. The minimum atomic E-state index is 0.0588. The fourth-order valence-electron chi connectivity index (χ4n) is 6.47. The van der Waals surface area contributed by atoms with Crippen molar-refractivity contribution in [1.29, 1.82) is 5.26 Å². The Morgan fingerprint density at radius 1 is 0.952 bits per heavy atom. The summed E-state index contributed by atoms with van der Waals surface area (Å²) in [5, 5.41) is 9.18. The molecule has 3 aliphatic rings. The Labute approximate surface area is 248 Å². The number of carbonyl (C=O) groups excluding carboxylic acids is 3. The van der Waals surface area contributed by atoms with Crippen molar-refractivity contribution in [2.45, 2.75) is 45.7 Å². The van der Waals surface area contributed by atoms with E-state index >= 15 is 0 Å². The molecule has 0 spiro atoms. The summed E-state index contributed by atoms with van der Waals surface area (Å²) in [6.07, 6.45) is 3.06. The summed E-state index contributed by atoms with van der Waals surface area (Å²) in [7, 11) is 0. The minimum Gasteiger partial charge on any atom is -0.493 e. The first-order valence-corrected chi connectivity index (χ1v) is 15.1. The van der Waals surface area contributed by atoms with Crippen LogP contribution < -0.4 is 4.74 Å². The van der Waals surface area contributed by atoms with E-state index in [4.69, 9.17) is 4.74 Å². The first kappa shape index (κ1) is 29.6. The van der Waals surface area contributed by atoms with Gasteiger partial charge in [-0.25, -0.2) is 0 Å². The highest BCUT2D eigenvalue weighted by atomic mass is 16.5. The van der Waals surface area contributed by atoms with Gasteiger partial charge >= 0.3 is 0 Å². The Morgan fingerprint density at radius 3 is 2.43 bits per heavy atom. The summed E-state index contributed by atoms with van der Waals surface area (Å²) < 4.78 is 6.27. The van der Waals surface area contributed by atoms with Crippen LogP contribution in [0.15, 0.2) is 48.5 Å². The van der Waals surface area contributed by atoms with Crippen LogP contribution in [0.25, 0.3) is 0 Å². The largest absolute Gasteiger partial charge is 0.493 e. The van der Waals surface area contributed by atoms with E-state index in [0.29, 0.717) is 70.9 Å². The Morgan fingerprint density at radius 2 is 1.69 bits per heavy atom. The average Bonchev–Trinajstić information content (AvgIpc) is 3.01. The number of fused-ring (bicyclic) bond motifs is 3. The summed E-state index contributed by atoms with van der Waals surface area (Å²) in [6, 6.07) is 17.7. The highest BCUT2D eigenvalue weighted by Crippen LogP contribution is 2.32. The summed E-state index contributed by atoms with van der Waals surface area (Å²) in [5.41, 5.74) is 2.71. The molecule has 2 saturated heterocycles. The highest BCUT2D eigenvalue weighted by molar-refractivity contribution is 5.79. The third-order valence-corrected chi connectivity index (χ3v) is 8.95. The van der Waals surface area contributed by atoms with Crippen LogP contribution in [0.4, 0.5) is 0 Å². The van der Waals surface area contributed by atoms with Crippen molar-refractivity contribution in [3.8, 4) is 11.8 Å². The molecule has 3 heterocycles. The quantitative estimate of drug-likeness (QED) is 0.559. The Balaban J connectivity index is 1.29. The molecule has 222 valence electrons. The Hall–Kier alpha value is -3.90. The number of nitrogens with zero attached hydrogens (tertiary/aromatic N) is 5. The number of para-hydroxylation sites is 1. The van der Waals surface area contributed by atoms with Gasteiger partial charge in [-0.05, 0) is 54.9 Å². The van der Waals surface area contributed by atoms with E-state index < -0.39 is 0 Å². The van der Waals surface area contributed by atoms with Crippen LogP contribution in [-0.4, -0.2) is 89.7 Å². The lowest BCUT2D eigenvalue weighted by atomic mass is 9.80. The average molecular weight is 572 g/mol. The molecule has 0 radical (unpaired) electrons. The summed E-state index contributed by atoms with van der Waals surface area (Å²) >= 11 is 0. The number of piperidine rings is 1. The first-order chi connectivity index (χ1) is 20.4. The van der Waals surface area contributed by atoms with Crippen LogP contribution in [0.3, 0.4) is 0 Å². The van der Waals surface area contributed by atoms with Gasteiger partial charge < -0.3 is 19.4 Å². The smallest absolute Gasteiger partial charge is 0.236 e. The third kappa shape index (κ3) is 7.48. The van der Waals surface area contributed by atoms with Gasteiger partial charge in [0.25, 0.3) is 0 Å². The van der Waals surface area contributed by atoms with E-state index in [1.54, 1.807) is 11.8 Å². The van der Waals surface area contributed by atoms with Crippen LogP contribution in [0.1, 0.15) is 49.3 Å². The van der Waals surface area contributed by atoms with E-state index in [0.717, 1.165) is 36.1 Å². The lowest BCUT2D eigenvalue weighted by molar-refractivity contribution is -0.140. The van der Waals surface area contributed by atoms with Crippen molar-refractivity contribution < 1.29 is 19.1 Å². The fraction of sp³-hybridized carbons (Fsp3) is 0.515. The molecule has 5 rings (SSSR count). The lowest BCUT2D eigenvalue weighted by Crippen LogP contribution is -2.51. The van der Waals surface area contributed by atoms with E-state index in [1.807, 2.05) is 52.3 Å². The molecule has 2 atom stereocenters. The van der Waals surface area contributed by atoms with Gasteiger partial charge in [-0.1, -0.05) is 30.3 Å². The zero-order valence-electron chi connectivity index (χ0n) is 24.5. The second kappa shape index (κ2) is 13.8. The van der Waals surface area contributed by atoms with Gasteiger partial charge in [0.1, 0.15) is 5.75 Å². The van der Waals surface area contributed by atoms with Gasteiger partial charge in [0.15, 0.2) is 0 Å². The molecule has 9 heteroatoms. The lowest BCUT2D eigenvalue weighted by Gasteiger charge is -2.40. The summed E-state index contributed by atoms with van der Waals surface area (Å²) in [5.74, 6) is 1.62. The van der Waals surface area contributed by atoms with Crippen LogP contribution in [-0.2, 0) is 27.5 Å². The van der Waals surface area contributed by atoms with Crippen molar-refractivity contribution in [3.63, 3.8) is 0 Å². The maximum absolute atomic E-state index is 13.7. The van der Waals surface area contributed by atoms with Crippen molar-refractivity contribution in [2.75, 3.05) is 52.4 Å². The molecule has 3 amide bonds.